The van der Waals surface area contributed by atoms with Gasteiger partial charge in [-0.3, -0.25) is 9.59 Å². The maximum Gasteiger partial charge on any atom is 0.196 e. The summed E-state index contributed by atoms with van der Waals surface area (Å²) < 4.78 is 6.10. The Balaban J connectivity index is 1.74. The van der Waals surface area contributed by atoms with Gasteiger partial charge in [-0.2, -0.15) is 0 Å². The molecule has 1 atom stereocenters. The molecule has 1 unspecified atom stereocenters. The van der Waals surface area contributed by atoms with Crippen molar-refractivity contribution in [3.05, 3.63) is 76.9 Å². The largest absolute Gasteiger partial charge is 0.478 e. The Morgan fingerprint density at radius 2 is 1.83 bits per heavy atom. The predicted molar refractivity (Wildman–Crippen MR) is 110 cm³/mol. The second kappa shape index (κ2) is 6.83. The van der Waals surface area contributed by atoms with Crippen molar-refractivity contribution in [2.75, 3.05) is 18.5 Å². The van der Waals surface area contributed by atoms with E-state index in [9.17, 15) is 9.59 Å². The summed E-state index contributed by atoms with van der Waals surface area (Å²) in [7, 11) is 0. The van der Waals surface area contributed by atoms with E-state index in [2.05, 4.69) is 10.3 Å². The van der Waals surface area contributed by atoms with Gasteiger partial charge in [0.25, 0.3) is 0 Å². The fourth-order valence-corrected chi connectivity index (χ4v) is 3.87. The van der Waals surface area contributed by atoms with Gasteiger partial charge in [0, 0.05) is 36.0 Å². The molecule has 0 saturated heterocycles. The molecule has 0 aromatic heterocycles. The Bertz CT molecular complexity index is 1140. The first-order chi connectivity index (χ1) is 14.2. The Hall–Kier alpha value is -3.51. The number of aliphatic hydroxyl groups is 1. The predicted octanol–water partition coefficient (Wildman–Crippen LogP) is 3.22. The number of aliphatic imine (C=N–C) groups is 1. The van der Waals surface area contributed by atoms with Crippen LogP contribution in [0, 0.1) is 0 Å². The Morgan fingerprint density at radius 1 is 1.07 bits per heavy atom. The van der Waals surface area contributed by atoms with Crippen LogP contribution in [0.5, 0.6) is 5.75 Å². The summed E-state index contributed by atoms with van der Waals surface area (Å²) >= 11 is 0. The van der Waals surface area contributed by atoms with E-state index >= 15 is 0 Å². The average molecular weight is 386 g/mol. The SMILES string of the molecule is O=C1c2ccccc2C(=O)c2c3c(cc(NCCCO)c21)OC1C=CC=CC1=N3. The third-order valence-electron chi connectivity index (χ3n) is 5.24. The van der Waals surface area contributed by atoms with Gasteiger partial charge in [-0.15, -0.1) is 0 Å². The molecule has 1 heterocycles. The molecule has 0 fully saturated rings. The van der Waals surface area contributed by atoms with Crippen molar-refractivity contribution in [1.82, 2.24) is 0 Å². The number of nitrogens with zero attached hydrogens (tertiary/aromatic N) is 1. The van der Waals surface area contributed by atoms with Crippen LogP contribution >= 0.6 is 0 Å². The third-order valence-corrected chi connectivity index (χ3v) is 5.24. The number of ketones is 2. The molecule has 2 aliphatic carbocycles. The van der Waals surface area contributed by atoms with Gasteiger partial charge < -0.3 is 15.2 Å². The van der Waals surface area contributed by atoms with E-state index in [0.29, 0.717) is 52.5 Å². The zero-order valence-electron chi connectivity index (χ0n) is 15.5. The first-order valence-corrected chi connectivity index (χ1v) is 9.53. The number of carbonyl (C=O) groups excluding carboxylic acids is 2. The molecule has 0 saturated carbocycles. The van der Waals surface area contributed by atoms with Crippen LogP contribution in [0.4, 0.5) is 11.4 Å². The van der Waals surface area contributed by atoms with Crippen LogP contribution in [0.15, 0.2) is 59.6 Å². The maximum absolute atomic E-state index is 13.4. The highest BCUT2D eigenvalue weighted by Crippen LogP contribution is 2.46. The molecular weight excluding hydrogens is 368 g/mol. The fraction of sp³-hybridized carbons (Fsp3) is 0.174. The molecule has 1 aliphatic heterocycles. The lowest BCUT2D eigenvalue weighted by molar-refractivity contribution is 0.0979. The number of anilines is 1. The lowest BCUT2D eigenvalue weighted by Gasteiger charge is -2.29. The van der Waals surface area contributed by atoms with Gasteiger partial charge >= 0.3 is 0 Å². The van der Waals surface area contributed by atoms with E-state index in [-0.39, 0.29) is 29.8 Å². The summed E-state index contributed by atoms with van der Waals surface area (Å²) in [6.07, 6.45) is 7.68. The minimum absolute atomic E-state index is 0.0270. The topological polar surface area (TPSA) is 88.0 Å². The van der Waals surface area contributed by atoms with Crippen LogP contribution in [0.2, 0.25) is 0 Å². The second-order valence-electron chi connectivity index (χ2n) is 7.05. The summed E-state index contributed by atoms with van der Waals surface area (Å²) in [6, 6.07) is 8.57. The summed E-state index contributed by atoms with van der Waals surface area (Å²) in [5, 5.41) is 12.3. The number of ether oxygens (including phenoxy) is 1. The number of rotatable bonds is 4. The van der Waals surface area contributed by atoms with E-state index < -0.39 is 0 Å². The summed E-state index contributed by atoms with van der Waals surface area (Å²) in [6.45, 7) is 0.491. The lowest BCUT2D eigenvalue weighted by atomic mass is 9.81. The number of hydrogen-bond donors (Lipinski definition) is 2. The van der Waals surface area contributed by atoms with Crippen molar-refractivity contribution in [3.8, 4) is 5.75 Å². The number of nitrogens with one attached hydrogen (secondary N) is 1. The number of fused-ring (bicyclic) bond motifs is 5. The maximum atomic E-state index is 13.4. The van der Waals surface area contributed by atoms with E-state index in [1.165, 1.54) is 0 Å². The van der Waals surface area contributed by atoms with E-state index in [0.717, 1.165) is 0 Å². The van der Waals surface area contributed by atoms with Gasteiger partial charge in [-0.05, 0) is 18.6 Å². The minimum atomic E-state index is -0.322. The molecule has 0 radical (unpaired) electrons. The number of benzene rings is 2. The highest BCUT2D eigenvalue weighted by molar-refractivity contribution is 6.32. The molecule has 0 bridgehead atoms. The Labute approximate surface area is 167 Å². The smallest absolute Gasteiger partial charge is 0.196 e. The minimum Gasteiger partial charge on any atom is -0.478 e. The second-order valence-corrected chi connectivity index (χ2v) is 7.05. The zero-order chi connectivity index (χ0) is 20.0. The van der Waals surface area contributed by atoms with Crippen molar-refractivity contribution in [3.63, 3.8) is 0 Å². The first-order valence-electron chi connectivity index (χ1n) is 9.53. The highest BCUT2D eigenvalue weighted by atomic mass is 16.5. The molecule has 6 heteroatoms. The molecule has 0 amide bonds. The third kappa shape index (κ3) is 2.72. The molecular formula is C23H18N2O4. The number of aliphatic hydroxyl groups excluding tert-OH is 1. The fourth-order valence-electron chi connectivity index (χ4n) is 3.87. The van der Waals surface area contributed by atoms with Crippen LogP contribution in [-0.2, 0) is 0 Å². The average Bonchev–Trinajstić information content (AvgIpc) is 2.75. The Morgan fingerprint density at radius 3 is 2.59 bits per heavy atom. The first kappa shape index (κ1) is 17.6. The Kier molecular flexibility index (Phi) is 4.14. The van der Waals surface area contributed by atoms with Crippen molar-refractivity contribution in [2.45, 2.75) is 12.5 Å². The van der Waals surface area contributed by atoms with Crippen molar-refractivity contribution >= 4 is 28.7 Å². The van der Waals surface area contributed by atoms with E-state index in [4.69, 9.17) is 9.84 Å². The molecule has 5 rings (SSSR count). The normalized spacial score (nSPS) is 18.2. The molecule has 0 spiro atoms. The quantitative estimate of drug-likeness (QED) is 0.672. The molecule has 2 aromatic carbocycles. The van der Waals surface area contributed by atoms with Crippen LogP contribution in [-0.4, -0.2) is 41.6 Å². The van der Waals surface area contributed by atoms with Crippen LogP contribution in [0.3, 0.4) is 0 Å². The monoisotopic (exact) mass is 386 g/mol. The van der Waals surface area contributed by atoms with Gasteiger partial charge in [0.05, 0.1) is 16.8 Å². The standard InChI is InChI=1S/C23H18N2O4/c26-11-5-10-24-16-12-18-21(25-15-8-3-4-9-17(15)29-18)20-19(16)22(27)13-6-1-2-7-14(13)23(20)28/h1-4,6-9,12,17,24,26H,5,10-11H2. The van der Waals surface area contributed by atoms with Gasteiger partial charge in [0.1, 0.15) is 11.4 Å². The lowest BCUT2D eigenvalue weighted by Crippen LogP contribution is -2.30. The summed E-state index contributed by atoms with van der Waals surface area (Å²) in [5.74, 6) is 0.00868. The van der Waals surface area contributed by atoms with Gasteiger partial charge in [-0.1, -0.05) is 36.4 Å². The summed E-state index contributed by atoms with van der Waals surface area (Å²) in [5.41, 5.74) is 2.96. The van der Waals surface area contributed by atoms with Crippen molar-refractivity contribution in [1.29, 1.82) is 0 Å². The van der Waals surface area contributed by atoms with Gasteiger partial charge in [0.2, 0.25) is 0 Å². The zero-order valence-corrected chi connectivity index (χ0v) is 15.5. The van der Waals surface area contributed by atoms with Gasteiger partial charge in [0.15, 0.2) is 17.7 Å². The molecule has 29 heavy (non-hydrogen) atoms. The van der Waals surface area contributed by atoms with Gasteiger partial charge in [-0.25, -0.2) is 4.99 Å². The van der Waals surface area contributed by atoms with E-state index in [1.807, 2.05) is 24.3 Å². The molecule has 2 aromatic rings. The van der Waals surface area contributed by atoms with E-state index in [1.54, 1.807) is 30.3 Å². The molecule has 2 N–H and O–H groups in total. The molecule has 6 nitrogen and oxygen atoms in total. The molecule has 144 valence electrons. The molecule has 3 aliphatic rings. The van der Waals surface area contributed by atoms with Crippen LogP contribution in [0.25, 0.3) is 0 Å². The number of carbonyl (C=O) groups is 2. The summed E-state index contributed by atoms with van der Waals surface area (Å²) in [4.78, 5) is 31.4. The highest BCUT2D eigenvalue weighted by Gasteiger charge is 2.37. The van der Waals surface area contributed by atoms with Crippen LogP contribution in [0.1, 0.15) is 38.3 Å². The van der Waals surface area contributed by atoms with Crippen molar-refractivity contribution in [2.24, 2.45) is 4.99 Å². The van der Waals surface area contributed by atoms with Crippen LogP contribution < -0.4 is 10.1 Å². The number of hydrogen-bond acceptors (Lipinski definition) is 6. The van der Waals surface area contributed by atoms with Crippen molar-refractivity contribution < 1.29 is 19.4 Å². The number of allylic oxidation sites excluding steroid dienone is 2.